The maximum Gasteiger partial charge on any atom is 0.164 e. The van der Waals surface area contributed by atoms with Gasteiger partial charge in [0, 0.05) is 53.6 Å². The van der Waals surface area contributed by atoms with Crippen LogP contribution in [-0.2, 0) is 0 Å². The summed E-state index contributed by atoms with van der Waals surface area (Å²) in [6, 6.07) is 64.6. The highest BCUT2D eigenvalue weighted by atomic mass is 32.1. The van der Waals surface area contributed by atoms with Crippen molar-refractivity contribution in [2.45, 2.75) is 0 Å². The molecule has 0 saturated heterocycles. The zero-order valence-corrected chi connectivity index (χ0v) is 30.4. The average molecular weight is 722 g/mol. The first-order valence-corrected chi connectivity index (χ1v) is 19.0. The van der Waals surface area contributed by atoms with Crippen LogP contribution < -0.4 is 0 Å². The molecule has 0 aliphatic carbocycles. The summed E-state index contributed by atoms with van der Waals surface area (Å²) in [5.74, 6) is 2.55. The molecule has 0 unspecified atom stereocenters. The number of thiophene rings is 1. The van der Waals surface area contributed by atoms with Crippen LogP contribution in [0, 0.1) is 0 Å². The molecule has 0 amide bonds. The molecule has 7 aromatic carbocycles. The summed E-state index contributed by atoms with van der Waals surface area (Å²) < 4.78 is 2.53. The number of benzene rings is 7. The largest absolute Gasteiger partial charge is 0.228 e. The molecule has 0 spiro atoms. The van der Waals surface area contributed by atoms with Gasteiger partial charge in [-0.3, -0.25) is 0 Å². The molecule has 0 radical (unpaired) electrons. The van der Waals surface area contributed by atoms with Gasteiger partial charge in [-0.2, -0.15) is 0 Å². The minimum Gasteiger partial charge on any atom is -0.228 e. The van der Waals surface area contributed by atoms with Crippen LogP contribution in [0.2, 0.25) is 0 Å². The number of hydrogen-bond acceptors (Lipinski definition) is 6. The minimum absolute atomic E-state index is 0.616. The molecular weight excluding hydrogens is 691 g/mol. The van der Waals surface area contributed by atoms with Gasteiger partial charge in [0.15, 0.2) is 23.3 Å². The highest BCUT2D eigenvalue weighted by Gasteiger charge is 2.15. The van der Waals surface area contributed by atoms with Crippen molar-refractivity contribution < 1.29 is 0 Å². The fourth-order valence-electron chi connectivity index (χ4n) is 6.98. The van der Waals surface area contributed by atoms with Crippen LogP contribution >= 0.6 is 11.3 Å². The van der Waals surface area contributed by atoms with Crippen molar-refractivity contribution in [3.63, 3.8) is 0 Å². The molecule has 0 fully saturated rings. The third-order valence-corrected chi connectivity index (χ3v) is 10.9. The zero-order chi connectivity index (χ0) is 36.6. The maximum absolute atomic E-state index is 5.20. The van der Waals surface area contributed by atoms with Crippen LogP contribution in [0.4, 0.5) is 0 Å². The lowest BCUT2D eigenvalue weighted by Crippen LogP contribution is -2.00. The van der Waals surface area contributed by atoms with Crippen molar-refractivity contribution in [3.8, 4) is 79.2 Å². The second-order valence-corrected chi connectivity index (χ2v) is 14.4. The summed E-state index contributed by atoms with van der Waals surface area (Å²) in [4.78, 5) is 25.1. The summed E-state index contributed by atoms with van der Waals surface area (Å²) in [6.45, 7) is 0. The molecule has 0 aliphatic rings. The van der Waals surface area contributed by atoms with Crippen LogP contribution in [0.3, 0.4) is 0 Å². The van der Waals surface area contributed by atoms with Crippen LogP contribution in [0.1, 0.15) is 0 Å². The van der Waals surface area contributed by atoms with E-state index in [0.717, 1.165) is 55.9 Å². The van der Waals surface area contributed by atoms with E-state index >= 15 is 0 Å². The Balaban J connectivity index is 1.06. The molecule has 5 nitrogen and oxygen atoms in total. The van der Waals surface area contributed by atoms with E-state index in [1.54, 1.807) is 0 Å². The Bertz CT molecular complexity index is 2920. The number of hydrogen-bond donors (Lipinski definition) is 0. The molecular formula is C49H31N5S. The Labute approximate surface area is 322 Å². The molecule has 0 bridgehead atoms. The maximum atomic E-state index is 5.20. The monoisotopic (exact) mass is 721 g/mol. The molecule has 258 valence electrons. The van der Waals surface area contributed by atoms with E-state index in [9.17, 15) is 0 Å². The SMILES string of the molecule is c1ccc(-c2cc(-c3ccc4c(c3)sc3ccccc34)nc(-c3cccc(-c4cccc(-c5nc(-c6ccccc6)nc(-c6ccccc6)n5)c4)c3)n2)cc1. The zero-order valence-electron chi connectivity index (χ0n) is 29.5. The van der Waals surface area contributed by atoms with Crippen molar-refractivity contribution in [1.82, 2.24) is 24.9 Å². The quantitative estimate of drug-likeness (QED) is 0.164. The molecule has 0 saturated carbocycles. The smallest absolute Gasteiger partial charge is 0.164 e. The molecule has 0 N–H and O–H groups in total. The Morgan fingerprint density at radius 1 is 0.255 bits per heavy atom. The molecule has 3 heterocycles. The van der Waals surface area contributed by atoms with Gasteiger partial charge in [0.05, 0.1) is 11.4 Å². The summed E-state index contributed by atoms with van der Waals surface area (Å²) in [7, 11) is 0. The van der Waals surface area contributed by atoms with Crippen molar-refractivity contribution >= 4 is 31.5 Å². The predicted molar refractivity (Wildman–Crippen MR) is 226 cm³/mol. The van der Waals surface area contributed by atoms with Crippen molar-refractivity contribution in [2.75, 3.05) is 0 Å². The minimum atomic E-state index is 0.616. The lowest BCUT2D eigenvalue weighted by Gasteiger charge is -2.11. The van der Waals surface area contributed by atoms with Gasteiger partial charge in [0.1, 0.15) is 0 Å². The number of nitrogens with zero attached hydrogens (tertiary/aromatic N) is 5. The number of aromatic nitrogens is 5. The van der Waals surface area contributed by atoms with Gasteiger partial charge in [0.2, 0.25) is 0 Å². The van der Waals surface area contributed by atoms with Crippen molar-refractivity contribution in [1.29, 1.82) is 0 Å². The van der Waals surface area contributed by atoms with Gasteiger partial charge in [-0.05, 0) is 41.5 Å². The second kappa shape index (κ2) is 14.0. The number of rotatable bonds is 7. The van der Waals surface area contributed by atoms with Crippen LogP contribution in [0.15, 0.2) is 188 Å². The third-order valence-electron chi connectivity index (χ3n) is 9.74. The van der Waals surface area contributed by atoms with Gasteiger partial charge >= 0.3 is 0 Å². The van der Waals surface area contributed by atoms with Crippen LogP contribution in [-0.4, -0.2) is 24.9 Å². The highest BCUT2D eigenvalue weighted by molar-refractivity contribution is 7.25. The van der Waals surface area contributed by atoms with Gasteiger partial charge < -0.3 is 0 Å². The predicted octanol–water partition coefficient (Wildman–Crippen LogP) is 12.7. The van der Waals surface area contributed by atoms with Crippen LogP contribution in [0.5, 0.6) is 0 Å². The Hall–Kier alpha value is -7.15. The first kappa shape index (κ1) is 32.5. The fraction of sp³-hybridized carbons (Fsp3) is 0. The molecule has 0 aliphatic heterocycles. The van der Waals surface area contributed by atoms with E-state index < -0.39 is 0 Å². The molecule has 10 aromatic rings. The van der Waals surface area contributed by atoms with Gasteiger partial charge in [-0.25, -0.2) is 24.9 Å². The van der Waals surface area contributed by atoms with E-state index in [0.29, 0.717) is 23.3 Å². The molecule has 55 heavy (non-hydrogen) atoms. The summed E-state index contributed by atoms with van der Waals surface area (Å²) in [6.07, 6.45) is 0. The second-order valence-electron chi connectivity index (χ2n) is 13.3. The Kier molecular flexibility index (Phi) is 8.28. The van der Waals surface area contributed by atoms with E-state index in [1.165, 1.54) is 20.2 Å². The van der Waals surface area contributed by atoms with E-state index in [1.807, 2.05) is 90.2 Å². The molecule has 3 aromatic heterocycles. The average Bonchev–Trinajstić information content (AvgIpc) is 3.65. The summed E-state index contributed by atoms with van der Waals surface area (Å²) in [5.41, 5.74) is 9.66. The van der Waals surface area contributed by atoms with E-state index in [2.05, 4.69) is 109 Å². The normalized spacial score (nSPS) is 11.3. The highest BCUT2D eigenvalue weighted by Crippen LogP contribution is 2.37. The summed E-state index contributed by atoms with van der Waals surface area (Å²) in [5, 5.41) is 2.55. The van der Waals surface area contributed by atoms with E-state index in [4.69, 9.17) is 24.9 Å². The first-order valence-electron chi connectivity index (χ1n) is 18.2. The van der Waals surface area contributed by atoms with Crippen LogP contribution in [0.25, 0.3) is 99.4 Å². The van der Waals surface area contributed by atoms with Crippen molar-refractivity contribution in [2.24, 2.45) is 0 Å². The fourth-order valence-corrected chi connectivity index (χ4v) is 8.12. The molecule has 6 heteroatoms. The van der Waals surface area contributed by atoms with Gasteiger partial charge in [0.25, 0.3) is 0 Å². The summed E-state index contributed by atoms with van der Waals surface area (Å²) >= 11 is 1.81. The lowest BCUT2D eigenvalue weighted by atomic mass is 10.00. The number of fused-ring (bicyclic) bond motifs is 3. The Morgan fingerprint density at radius 2 is 0.691 bits per heavy atom. The first-order chi connectivity index (χ1) is 27.2. The van der Waals surface area contributed by atoms with E-state index in [-0.39, 0.29) is 0 Å². The van der Waals surface area contributed by atoms with Gasteiger partial charge in [-0.1, -0.05) is 158 Å². The van der Waals surface area contributed by atoms with Gasteiger partial charge in [-0.15, -0.1) is 11.3 Å². The lowest BCUT2D eigenvalue weighted by molar-refractivity contribution is 1.07. The van der Waals surface area contributed by atoms with Crippen molar-refractivity contribution in [3.05, 3.63) is 188 Å². The molecule has 0 atom stereocenters. The Morgan fingerprint density at radius 3 is 1.29 bits per heavy atom. The topological polar surface area (TPSA) is 64.5 Å². The molecule has 10 rings (SSSR count). The third kappa shape index (κ3) is 6.45. The standard InChI is InChI=1S/C49H31N5S/c1-4-14-32(15-5-1)42-31-43(37-26-27-41-40-24-10-11-25-44(40)55-45(41)30-37)51-48(50-42)38-22-12-20-35(28-38)36-21-13-23-39(29-36)49-53-46(33-16-6-2-7-17-33)52-47(54-49)34-18-8-3-9-19-34/h1-31H.